The number of rotatable bonds is 1. The minimum Gasteiger partial charge on any atom is -0.481 e. The predicted octanol–water partition coefficient (Wildman–Crippen LogP) is 2.15. The van der Waals surface area contributed by atoms with Crippen molar-refractivity contribution in [1.82, 2.24) is 0 Å². The van der Waals surface area contributed by atoms with E-state index < -0.39 is 22.9 Å². The molecular formula is C19H22O5. The van der Waals surface area contributed by atoms with Crippen molar-refractivity contribution < 1.29 is 24.2 Å². The highest BCUT2D eigenvalue weighted by Crippen LogP contribution is 2.79. The molecule has 2 heterocycles. The van der Waals surface area contributed by atoms with Gasteiger partial charge >= 0.3 is 11.9 Å². The summed E-state index contributed by atoms with van der Waals surface area (Å²) >= 11 is 0. The van der Waals surface area contributed by atoms with Crippen LogP contribution in [-0.2, 0) is 19.1 Å². The molecule has 0 radical (unpaired) electrons. The molecule has 4 aliphatic carbocycles. The summed E-state index contributed by atoms with van der Waals surface area (Å²) in [5.41, 5.74) is -0.470. The predicted molar refractivity (Wildman–Crippen MR) is 81.8 cm³/mol. The molecule has 6 rings (SSSR count). The molecule has 24 heavy (non-hydrogen) atoms. The van der Waals surface area contributed by atoms with E-state index >= 15 is 0 Å². The van der Waals surface area contributed by atoms with Crippen molar-refractivity contribution in [1.29, 1.82) is 0 Å². The fourth-order valence-electron chi connectivity index (χ4n) is 8.02. The Bertz CT molecular complexity index is 729. The van der Waals surface area contributed by atoms with Gasteiger partial charge < -0.3 is 14.6 Å². The highest BCUT2D eigenvalue weighted by atomic mass is 16.6. The molecule has 128 valence electrons. The fraction of sp³-hybridized carbons (Fsp3) is 0.789. The van der Waals surface area contributed by atoms with E-state index in [1.54, 1.807) is 0 Å². The number of carbonyl (C=O) groups excluding carboxylic acids is 1. The first-order valence-electron chi connectivity index (χ1n) is 9.14. The van der Waals surface area contributed by atoms with Crippen LogP contribution in [-0.4, -0.2) is 34.9 Å². The zero-order valence-electron chi connectivity index (χ0n) is 13.8. The van der Waals surface area contributed by atoms with Crippen LogP contribution in [0.2, 0.25) is 0 Å². The molecule has 5 heteroatoms. The summed E-state index contributed by atoms with van der Waals surface area (Å²) < 4.78 is 11.9. The standard InChI is InChI=1S/C19H22O5/c1-8-5-18-6-9(8)3-4-11(18)19-7-10-14(23-10)17(2,16(22)24-19)13(19)12(18)15(20)21/h9-14H,1,3-7H2,2H3,(H,20,21)/t9-,10+,11-,12-,13-,14+,17+,18+,19-/m1/s1. The van der Waals surface area contributed by atoms with Crippen molar-refractivity contribution in [2.75, 3.05) is 0 Å². The molecule has 4 saturated carbocycles. The van der Waals surface area contributed by atoms with Crippen LogP contribution in [0.25, 0.3) is 0 Å². The first kappa shape index (κ1) is 13.9. The van der Waals surface area contributed by atoms with E-state index in [-0.39, 0.29) is 35.4 Å². The topological polar surface area (TPSA) is 76.1 Å². The molecule has 6 aliphatic rings. The Morgan fingerprint density at radius 1 is 1.33 bits per heavy atom. The van der Waals surface area contributed by atoms with Crippen LogP contribution in [0.5, 0.6) is 0 Å². The molecule has 0 unspecified atom stereocenters. The minimum absolute atomic E-state index is 0.0737. The Morgan fingerprint density at radius 2 is 2.12 bits per heavy atom. The van der Waals surface area contributed by atoms with Crippen molar-refractivity contribution in [3.8, 4) is 0 Å². The van der Waals surface area contributed by atoms with Gasteiger partial charge in [0.05, 0.1) is 12.0 Å². The van der Waals surface area contributed by atoms with E-state index in [1.807, 2.05) is 6.92 Å². The second-order valence-electron chi connectivity index (χ2n) is 9.32. The molecule has 1 spiro atoms. The summed E-state index contributed by atoms with van der Waals surface area (Å²) in [5, 5.41) is 10.2. The molecular weight excluding hydrogens is 308 g/mol. The summed E-state index contributed by atoms with van der Waals surface area (Å²) in [7, 11) is 0. The summed E-state index contributed by atoms with van der Waals surface area (Å²) in [5.74, 6) is -1.17. The van der Waals surface area contributed by atoms with Crippen molar-refractivity contribution in [3.05, 3.63) is 12.2 Å². The van der Waals surface area contributed by atoms with Gasteiger partial charge in [-0.3, -0.25) is 9.59 Å². The van der Waals surface area contributed by atoms with E-state index in [2.05, 4.69) is 6.58 Å². The van der Waals surface area contributed by atoms with Crippen molar-refractivity contribution in [3.63, 3.8) is 0 Å². The third-order valence-electron chi connectivity index (χ3n) is 8.66. The second-order valence-corrected chi connectivity index (χ2v) is 9.32. The Morgan fingerprint density at radius 3 is 2.88 bits per heavy atom. The lowest BCUT2D eigenvalue weighted by atomic mass is 9.60. The van der Waals surface area contributed by atoms with Gasteiger partial charge in [-0.15, -0.1) is 0 Å². The maximum atomic E-state index is 12.8. The largest absolute Gasteiger partial charge is 0.481 e. The van der Waals surface area contributed by atoms with E-state index in [9.17, 15) is 14.7 Å². The lowest BCUT2D eigenvalue weighted by Crippen LogP contribution is -2.50. The Kier molecular flexibility index (Phi) is 2.08. The number of carbonyl (C=O) groups is 2. The number of hydrogen-bond acceptors (Lipinski definition) is 4. The number of fused-ring (bicyclic) bond motifs is 3. The van der Waals surface area contributed by atoms with E-state index in [0.29, 0.717) is 12.3 Å². The van der Waals surface area contributed by atoms with Crippen LogP contribution in [0.4, 0.5) is 0 Å². The van der Waals surface area contributed by atoms with Crippen molar-refractivity contribution >= 4 is 11.9 Å². The number of aliphatic carboxylic acids is 1. The van der Waals surface area contributed by atoms with Gasteiger partial charge in [0, 0.05) is 18.3 Å². The summed E-state index contributed by atoms with van der Waals surface area (Å²) in [6.07, 6.45) is 4.32. The van der Waals surface area contributed by atoms with Gasteiger partial charge in [0.25, 0.3) is 0 Å². The van der Waals surface area contributed by atoms with Gasteiger partial charge in [0.15, 0.2) is 0 Å². The lowest BCUT2D eigenvalue weighted by Gasteiger charge is -2.43. The monoisotopic (exact) mass is 330 g/mol. The van der Waals surface area contributed by atoms with Crippen LogP contribution in [0.1, 0.15) is 39.0 Å². The maximum absolute atomic E-state index is 12.8. The van der Waals surface area contributed by atoms with Gasteiger partial charge in [0.2, 0.25) is 0 Å². The van der Waals surface area contributed by atoms with Crippen molar-refractivity contribution in [2.45, 2.75) is 56.8 Å². The second kappa shape index (κ2) is 3.59. The molecule has 0 aromatic rings. The molecule has 4 bridgehead atoms. The molecule has 9 atom stereocenters. The highest BCUT2D eigenvalue weighted by molar-refractivity contribution is 5.86. The van der Waals surface area contributed by atoms with E-state index in [1.165, 1.54) is 5.57 Å². The molecule has 1 N–H and O–H groups in total. The number of hydrogen-bond donors (Lipinski definition) is 1. The SMILES string of the molecule is C=C1C[C@]23C[C@H]1CC[C@H]2[C@@]12C[C@@H]4O[C@@H]4[C@@](C)(C(=O)O1)[C@H]2[C@@H]3C(=O)O. The normalized spacial score (nSPS) is 61.9. The first-order valence-corrected chi connectivity index (χ1v) is 9.14. The number of carboxylic acid groups (broad SMARTS) is 1. The van der Waals surface area contributed by atoms with Crippen LogP contribution in [0.15, 0.2) is 12.2 Å². The van der Waals surface area contributed by atoms with Crippen LogP contribution < -0.4 is 0 Å². The van der Waals surface area contributed by atoms with Crippen LogP contribution >= 0.6 is 0 Å². The van der Waals surface area contributed by atoms with Gasteiger partial charge in [-0.25, -0.2) is 0 Å². The number of allylic oxidation sites excluding steroid dienone is 1. The molecule has 2 aliphatic heterocycles. The summed E-state index contributed by atoms with van der Waals surface area (Å²) in [4.78, 5) is 25.3. The molecule has 5 nitrogen and oxygen atoms in total. The average Bonchev–Trinajstić information content (AvgIpc) is 3.14. The van der Waals surface area contributed by atoms with Gasteiger partial charge in [-0.05, 0) is 43.9 Å². The molecule has 0 amide bonds. The Labute approximate surface area is 140 Å². The third-order valence-corrected chi connectivity index (χ3v) is 8.66. The molecule has 2 saturated heterocycles. The van der Waals surface area contributed by atoms with Gasteiger partial charge in [0.1, 0.15) is 17.1 Å². The van der Waals surface area contributed by atoms with E-state index in [0.717, 1.165) is 25.7 Å². The minimum atomic E-state index is -0.794. The number of epoxide rings is 1. The van der Waals surface area contributed by atoms with E-state index in [4.69, 9.17) is 9.47 Å². The van der Waals surface area contributed by atoms with Gasteiger partial charge in [-0.2, -0.15) is 0 Å². The number of carboxylic acids is 1. The van der Waals surface area contributed by atoms with Crippen molar-refractivity contribution in [2.24, 2.45) is 34.5 Å². The number of esters is 1. The first-order chi connectivity index (χ1) is 11.3. The summed E-state index contributed by atoms with van der Waals surface area (Å²) in [6.45, 7) is 6.15. The van der Waals surface area contributed by atoms with Crippen LogP contribution in [0.3, 0.4) is 0 Å². The Balaban J connectivity index is 1.61. The average molecular weight is 330 g/mol. The molecule has 6 fully saturated rings. The zero-order valence-corrected chi connectivity index (χ0v) is 13.8. The van der Waals surface area contributed by atoms with Crippen LogP contribution in [0, 0.1) is 34.5 Å². The molecule has 0 aromatic carbocycles. The van der Waals surface area contributed by atoms with Gasteiger partial charge in [-0.1, -0.05) is 12.2 Å². The summed E-state index contributed by atoms with van der Waals surface area (Å²) in [6, 6.07) is 0. The third kappa shape index (κ3) is 1.14. The maximum Gasteiger partial charge on any atom is 0.315 e. The quantitative estimate of drug-likeness (QED) is 0.453. The lowest BCUT2D eigenvalue weighted by molar-refractivity contribution is -0.163. The highest BCUT2D eigenvalue weighted by Gasteiger charge is 2.87. The fourth-order valence-corrected chi connectivity index (χ4v) is 8.02. The smallest absolute Gasteiger partial charge is 0.315 e. The number of ether oxygens (including phenoxy) is 2. The molecule has 0 aromatic heterocycles. The zero-order chi connectivity index (χ0) is 16.6. The Hall–Kier alpha value is -1.36.